The maximum Gasteiger partial charge on any atom is 3.00 e. The Bertz CT molecular complexity index is 49.7. The topological polar surface area (TPSA) is 120 Å². The molecule has 0 aromatic rings. The summed E-state index contributed by atoms with van der Waals surface area (Å²) < 4.78 is 24.8. The zero-order valence-electron chi connectivity index (χ0n) is 4.54. The van der Waals surface area contributed by atoms with Crippen LogP contribution >= 0.6 is 0 Å². The van der Waals surface area contributed by atoms with E-state index < -0.39 is 22.1 Å². The third-order valence-corrected chi connectivity index (χ3v) is 0. The van der Waals surface area contributed by atoms with Gasteiger partial charge in [-0.3, -0.25) is 0 Å². The Morgan fingerprint density at radius 1 is 0.700 bits per heavy atom. The molecule has 10 heteroatoms. The molecule has 0 heterocycles. The van der Waals surface area contributed by atoms with Crippen molar-refractivity contribution in [2.24, 2.45) is 0 Å². The van der Waals surface area contributed by atoms with Crippen molar-refractivity contribution in [2.75, 3.05) is 0 Å². The molecule has 0 aromatic heterocycles. The summed E-state index contributed by atoms with van der Waals surface area (Å²) in [6.45, 7) is 0. The van der Waals surface area contributed by atoms with Crippen LogP contribution in [-0.4, -0.2) is 22.1 Å². The van der Waals surface area contributed by atoms with Crippen LogP contribution in [0.5, 0.6) is 0 Å². The normalized spacial score (nSPS) is 2.40. The average Bonchev–Trinajstić information content (AvgIpc) is 1.70. The van der Waals surface area contributed by atoms with Crippen molar-refractivity contribution < 1.29 is 69.1 Å². The van der Waals surface area contributed by atoms with Gasteiger partial charge in [-0.2, -0.15) is 0 Å². The minimum Gasteiger partial charge on any atom is 3.00 e. The molecule has 53 valence electrons. The van der Waals surface area contributed by atoms with Crippen LogP contribution in [0.25, 0.3) is 0 Å². The number of hydrogen-bond donors (Lipinski definition) is 0. The summed E-state index contributed by atoms with van der Waals surface area (Å²) in [6.07, 6.45) is 0. The van der Waals surface area contributed by atoms with Crippen LogP contribution in [0, 0.1) is 39.9 Å². The van der Waals surface area contributed by atoms with Crippen LogP contribution in [0.2, 0.25) is 0 Å². The van der Waals surface area contributed by atoms with E-state index in [9.17, 15) is 0 Å². The van der Waals surface area contributed by atoms with Gasteiger partial charge in [0.1, 0.15) is 0 Å². The summed E-state index contributed by atoms with van der Waals surface area (Å²) in [4.78, 5) is 0. The predicted molar refractivity (Wildman–Crippen MR) is 19.3 cm³/mol. The van der Waals surface area contributed by atoms with Crippen molar-refractivity contribution in [3.8, 4) is 0 Å². The van der Waals surface area contributed by atoms with Gasteiger partial charge in [-0.1, -0.05) is 0 Å². The molecule has 0 spiro atoms. The molecule has 0 bridgehead atoms. The molecule has 0 saturated heterocycles. The van der Waals surface area contributed by atoms with Crippen molar-refractivity contribution >= 4 is 22.1 Å². The van der Waals surface area contributed by atoms with Gasteiger partial charge >= 0.3 is 91.2 Å². The Morgan fingerprint density at radius 2 is 0.700 bits per heavy atom. The fourth-order valence-electron chi connectivity index (χ4n) is 0. The summed E-state index contributed by atoms with van der Waals surface area (Å²) in [6, 6.07) is 0. The second-order valence-electron chi connectivity index (χ2n) is 0.289. The second-order valence-corrected chi connectivity index (χ2v) is 0.289. The van der Waals surface area contributed by atoms with Gasteiger partial charge in [0.2, 0.25) is 0 Å². The minimum absolute atomic E-state index is 0. The molecule has 1 radical (unpaired) electrons. The SMILES string of the molecule is O=B[O-].O=B[O-].O=B[O-].[Gd+3]. The van der Waals surface area contributed by atoms with E-state index in [0.29, 0.717) is 0 Å². The Labute approximate surface area is 90.6 Å². The van der Waals surface area contributed by atoms with Crippen LogP contribution < -0.4 is 15.1 Å². The van der Waals surface area contributed by atoms with Crippen molar-refractivity contribution in [1.29, 1.82) is 0 Å². The average molecular weight is 286 g/mol. The van der Waals surface area contributed by atoms with Crippen LogP contribution in [0.4, 0.5) is 0 Å². The third kappa shape index (κ3) is 4370. The summed E-state index contributed by atoms with van der Waals surface area (Å²) in [5.41, 5.74) is 0. The van der Waals surface area contributed by atoms with Gasteiger partial charge in [0.05, 0.1) is 0 Å². The monoisotopic (exact) mass is 287 g/mol. The molecular formula is B3GdO6. The third-order valence-electron chi connectivity index (χ3n) is 0. The molecular weight excluding hydrogens is 286 g/mol. The van der Waals surface area contributed by atoms with Gasteiger partial charge in [-0.05, 0) is 0 Å². The molecule has 10 heavy (non-hydrogen) atoms. The summed E-state index contributed by atoms with van der Waals surface area (Å²) in [5.74, 6) is 0. The van der Waals surface area contributed by atoms with Crippen LogP contribution in [0.3, 0.4) is 0 Å². The Balaban J connectivity index is -0.0000000257. The number of rotatable bonds is 0. The zero-order chi connectivity index (χ0) is 8.12. The second kappa shape index (κ2) is 58.5. The molecule has 0 aromatic carbocycles. The van der Waals surface area contributed by atoms with E-state index in [0.717, 1.165) is 0 Å². The zero-order valence-corrected chi connectivity index (χ0v) is 6.80. The molecule has 0 aliphatic rings. The van der Waals surface area contributed by atoms with Gasteiger partial charge in [0.15, 0.2) is 0 Å². The largest absolute Gasteiger partial charge is 3.00 e. The molecule has 0 amide bonds. The predicted octanol–water partition coefficient (Wildman–Crippen LogP) is -5.07. The van der Waals surface area contributed by atoms with E-state index in [1.165, 1.54) is 0 Å². The minimum atomic E-state index is -0.500. The molecule has 0 aliphatic carbocycles. The van der Waals surface area contributed by atoms with Gasteiger partial charge in [0.25, 0.3) is 0 Å². The first-order chi connectivity index (χ1) is 4.24. The summed E-state index contributed by atoms with van der Waals surface area (Å²) in [5, 5.41) is 24.8. The summed E-state index contributed by atoms with van der Waals surface area (Å²) >= 11 is 0. The Hall–Kier alpha value is 0.319. The first-order valence-corrected chi connectivity index (χ1v) is 1.41. The van der Waals surface area contributed by atoms with E-state index in [1.54, 1.807) is 0 Å². The fraction of sp³-hybridized carbons (Fsp3) is 0. The maximum atomic E-state index is 8.25. The van der Waals surface area contributed by atoms with Gasteiger partial charge in [0, 0.05) is 0 Å². The molecule has 0 aliphatic heterocycles. The molecule has 0 N–H and O–H groups in total. The van der Waals surface area contributed by atoms with E-state index in [-0.39, 0.29) is 39.9 Å². The number of hydrogen-bond acceptors (Lipinski definition) is 6. The van der Waals surface area contributed by atoms with E-state index in [4.69, 9.17) is 29.2 Å². The molecule has 0 saturated carbocycles. The van der Waals surface area contributed by atoms with Crippen molar-refractivity contribution in [3.63, 3.8) is 0 Å². The van der Waals surface area contributed by atoms with Crippen molar-refractivity contribution in [3.05, 3.63) is 0 Å². The quantitative estimate of drug-likeness (QED) is 0.411. The Morgan fingerprint density at radius 3 is 0.700 bits per heavy atom. The van der Waals surface area contributed by atoms with Crippen LogP contribution in [0.15, 0.2) is 0 Å². The van der Waals surface area contributed by atoms with Gasteiger partial charge < -0.3 is 0 Å². The molecule has 0 rings (SSSR count). The van der Waals surface area contributed by atoms with E-state index in [1.807, 2.05) is 0 Å². The molecule has 0 unspecified atom stereocenters. The fourth-order valence-corrected chi connectivity index (χ4v) is 0. The first-order valence-electron chi connectivity index (χ1n) is 1.41. The first kappa shape index (κ1) is 22.4. The molecule has 0 atom stereocenters. The standard InChI is InChI=1S/3BO2.Gd/c3*2-1-3;/q3*-1;+3. The van der Waals surface area contributed by atoms with E-state index in [2.05, 4.69) is 0 Å². The van der Waals surface area contributed by atoms with Crippen molar-refractivity contribution in [2.45, 2.75) is 0 Å². The van der Waals surface area contributed by atoms with Gasteiger partial charge in [-0.15, -0.1) is 0 Å². The molecule has 0 fully saturated rings. The van der Waals surface area contributed by atoms with Crippen LogP contribution in [0.1, 0.15) is 0 Å². The molecule has 6 nitrogen and oxygen atoms in total. The van der Waals surface area contributed by atoms with E-state index >= 15 is 0 Å². The summed E-state index contributed by atoms with van der Waals surface area (Å²) in [7, 11) is -1.50. The van der Waals surface area contributed by atoms with Crippen LogP contribution in [-0.2, 0) is 14.1 Å². The Kier molecular flexibility index (Phi) is 131. The van der Waals surface area contributed by atoms with Crippen molar-refractivity contribution in [1.82, 2.24) is 0 Å². The van der Waals surface area contributed by atoms with Gasteiger partial charge in [-0.25, -0.2) is 0 Å². The smallest absolute Gasteiger partial charge is 3.00 e. The maximum absolute atomic E-state index is 8.25.